The Morgan fingerprint density at radius 2 is 1.72 bits per heavy atom. The normalized spacial score (nSPS) is 19.7. The van der Waals surface area contributed by atoms with Gasteiger partial charge in [-0.1, -0.05) is 0 Å². The summed E-state index contributed by atoms with van der Waals surface area (Å²) in [7, 11) is -3.63. The summed E-state index contributed by atoms with van der Waals surface area (Å²) in [5.74, 6) is -1.55. The van der Waals surface area contributed by atoms with Crippen molar-refractivity contribution in [3.63, 3.8) is 0 Å². The molecule has 0 aliphatic carbocycles. The third kappa shape index (κ3) is 3.39. The van der Waals surface area contributed by atoms with E-state index in [0.717, 1.165) is 18.4 Å². The SMILES string of the molecule is CS(=O)(=O)C1(C(=O)N2CCc3c(F)ccc(F)c3C2)CCNCC1.Cl. The predicted octanol–water partition coefficient (Wildman–Crippen LogP) is 1.44. The van der Waals surface area contributed by atoms with Gasteiger partial charge in [0, 0.05) is 24.9 Å². The van der Waals surface area contributed by atoms with Crippen molar-refractivity contribution < 1.29 is 22.0 Å². The van der Waals surface area contributed by atoms with E-state index in [1.807, 2.05) is 0 Å². The number of halogens is 3. The van der Waals surface area contributed by atoms with Crippen molar-refractivity contribution in [2.45, 2.75) is 30.6 Å². The van der Waals surface area contributed by atoms with Crippen molar-refractivity contribution in [2.24, 2.45) is 0 Å². The number of carbonyl (C=O) groups is 1. The first-order chi connectivity index (χ1) is 11.3. The number of nitrogens with one attached hydrogen (secondary N) is 1. The number of fused-ring (bicyclic) bond motifs is 1. The van der Waals surface area contributed by atoms with Gasteiger partial charge in [-0.3, -0.25) is 4.79 Å². The summed E-state index contributed by atoms with van der Waals surface area (Å²) < 4.78 is 51.1. The standard InChI is InChI=1S/C16H20F2N2O3S.ClH/c1-24(22,23)16(5-7-19-8-6-16)15(21)20-9-4-11-12(10-20)14(18)3-2-13(11)17;/h2-3,19H,4-10H2,1H3;1H. The summed E-state index contributed by atoms with van der Waals surface area (Å²) in [6.45, 7) is 0.970. The first-order valence-electron chi connectivity index (χ1n) is 7.92. The van der Waals surface area contributed by atoms with Crippen LogP contribution in [-0.4, -0.2) is 49.9 Å². The van der Waals surface area contributed by atoms with E-state index < -0.39 is 32.1 Å². The second-order valence-electron chi connectivity index (χ2n) is 6.48. The van der Waals surface area contributed by atoms with Gasteiger partial charge < -0.3 is 10.2 Å². The molecule has 0 spiro atoms. The summed E-state index contributed by atoms with van der Waals surface area (Å²) in [6.07, 6.45) is 1.65. The minimum Gasteiger partial charge on any atom is -0.337 e. The fourth-order valence-corrected chi connectivity index (χ4v) is 5.02. The summed E-state index contributed by atoms with van der Waals surface area (Å²) in [6, 6.07) is 2.12. The first kappa shape index (κ1) is 20.1. The van der Waals surface area contributed by atoms with E-state index in [1.54, 1.807) is 0 Å². The van der Waals surface area contributed by atoms with Gasteiger partial charge in [0.25, 0.3) is 0 Å². The molecule has 1 aromatic carbocycles. The van der Waals surface area contributed by atoms with Crippen LogP contribution in [0.2, 0.25) is 0 Å². The zero-order valence-electron chi connectivity index (χ0n) is 13.8. The van der Waals surface area contributed by atoms with Gasteiger partial charge in [0.15, 0.2) is 14.6 Å². The molecular formula is C16H21ClF2N2O3S. The largest absolute Gasteiger partial charge is 0.337 e. The van der Waals surface area contributed by atoms with E-state index in [4.69, 9.17) is 0 Å². The van der Waals surface area contributed by atoms with Crippen LogP contribution in [0.15, 0.2) is 12.1 Å². The number of nitrogens with zero attached hydrogens (tertiary/aromatic N) is 1. The van der Waals surface area contributed by atoms with Crippen LogP contribution in [0.25, 0.3) is 0 Å². The number of rotatable bonds is 2. The quantitative estimate of drug-likeness (QED) is 0.824. The number of benzene rings is 1. The molecule has 2 aliphatic heterocycles. The van der Waals surface area contributed by atoms with Gasteiger partial charge in [-0.15, -0.1) is 12.4 Å². The molecule has 0 atom stereocenters. The highest BCUT2D eigenvalue weighted by atomic mass is 35.5. The van der Waals surface area contributed by atoms with Gasteiger partial charge in [0.2, 0.25) is 5.91 Å². The van der Waals surface area contributed by atoms with Crippen LogP contribution >= 0.6 is 12.4 Å². The number of carbonyl (C=O) groups excluding carboxylic acids is 1. The Kier molecular flexibility index (Phi) is 5.75. The average Bonchev–Trinajstić information content (AvgIpc) is 2.57. The molecular weight excluding hydrogens is 374 g/mol. The summed E-state index contributed by atoms with van der Waals surface area (Å²) in [4.78, 5) is 14.4. The Hall–Kier alpha value is -1.25. The minimum absolute atomic E-state index is 0. The Balaban J connectivity index is 0.00000225. The van der Waals surface area contributed by atoms with E-state index in [0.29, 0.717) is 13.1 Å². The predicted molar refractivity (Wildman–Crippen MR) is 92.4 cm³/mol. The van der Waals surface area contributed by atoms with Crippen molar-refractivity contribution in [2.75, 3.05) is 25.9 Å². The highest BCUT2D eigenvalue weighted by Gasteiger charge is 2.51. The number of hydrogen-bond donors (Lipinski definition) is 1. The zero-order valence-corrected chi connectivity index (χ0v) is 15.5. The average molecular weight is 395 g/mol. The lowest BCUT2D eigenvalue weighted by Gasteiger charge is -2.40. The Morgan fingerprint density at radius 3 is 2.28 bits per heavy atom. The Labute approximate surface area is 152 Å². The van der Waals surface area contributed by atoms with Crippen LogP contribution in [0.1, 0.15) is 24.0 Å². The molecule has 1 aromatic rings. The van der Waals surface area contributed by atoms with Gasteiger partial charge in [0.05, 0.1) is 0 Å². The van der Waals surface area contributed by atoms with Crippen LogP contribution in [-0.2, 0) is 27.6 Å². The van der Waals surface area contributed by atoms with Gasteiger partial charge in [-0.2, -0.15) is 0 Å². The fraction of sp³-hybridized carbons (Fsp3) is 0.562. The molecule has 3 rings (SSSR count). The lowest BCUT2D eigenvalue weighted by Crippen LogP contribution is -2.58. The lowest BCUT2D eigenvalue weighted by molar-refractivity contribution is -0.135. The number of sulfone groups is 1. The number of amides is 1. The highest BCUT2D eigenvalue weighted by Crippen LogP contribution is 2.33. The van der Waals surface area contributed by atoms with E-state index in [1.165, 1.54) is 4.90 Å². The highest BCUT2D eigenvalue weighted by molar-refractivity contribution is 7.92. The van der Waals surface area contributed by atoms with Gasteiger partial charge in [-0.05, 0) is 50.0 Å². The molecule has 2 aliphatic rings. The molecule has 0 aromatic heterocycles. The van der Waals surface area contributed by atoms with Gasteiger partial charge in [-0.25, -0.2) is 17.2 Å². The van der Waals surface area contributed by atoms with E-state index in [-0.39, 0.29) is 55.9 Å². The third-order valence-electron chi connectivity index (χ3n) is 5.10. The Bertz CT molecular complexity index is 780. The minimum atomic E-state index is -3.63. The van der Waals surface area contributed by atoms with E-state index in [2.05, 4.69) is 5.32 Å². The molecule has 0 saturated carbocycles. The third-order valence-corrected chi connectivity index (χ3v) is 7.10. The fourth-order valence-electron chi connectivity index (χ4n) is 3.63. The zero-order chi connectivity index (χ0) is 17.5. The van der Waals surface area contributed by atoms with Crippen LogP contribution < -0.4 is 5.32 Å². The summed E-state index contributed by atoms with van der Waals surface area (Å²) >= 11 is 0. The van der Waals surface area contributed by atoms with E-state index >= 15 is 0 Å². The second-order valence-corrected chi connectivity index (χ2v) is 8.81. The van der Waals surface area contributed by atoms with Crippen LogP contribution in [0, 0.1) is 11.6 Å². The molecule has 0 radical (unpaired) electrons. The van der Waals surface area contributed by atoms with Crippen LogP contribution in [0.5, 0.6) is 0 Å². The van der Waals surface area contributed by atoms with Gasteiger partial charge >= 0.3 is 0 Å². The molecule has 5 nitrogen and oxygen atoms in total. The molecule has 1 saturated heterocycles. The van der Waals surface area contributed by atoms with Crippen LogP contribution in [0.4, 0.5) is 8.78 Å². The second kappa shape index (κ2) is 7.17. The molecule has 1 fully saturated rings. The first-order valence-corrected chi connectivity index (χ1v) is 9.81. The topological polar surface area (TPSA) is 66.5 Å². The lowest BCUT2D eigenvalue weighted by atomic mass is 9.92. The maximum Gasteiger partial charge on any atom is 0.244 e. The smallest absolute Gasteiger partial charge is 0.244 e. The summed E-state index contributed by atoms with van der Waals surface area (Å²) in [5, 5.41) is 3.06. The molecule has 0 bridgehead atoms. The van der Waals surface area contributed by atoms with Crippen molar-refractivity contribution in [3.8, 4) is 0 Å². The van der Waals surface area contributed by atoms with Crippen molar-refractivity contribution in [3.05, 3.63) is 34.9 Å². The van der Waals surface area contributed by atoms with Crippen molar-refractivity contribution >= 4 is 28.2 Å². The number of piperidine rings is 1. The number of hydrogen-bond acceptors (Lipinski definition) is 4. The van der Waals surface area contributed by atoms with E-state index in [9.17, 15) is 22.0 Å². The molecule has 2 heterocycles. The summed E-state index contributed by atoms with van der Waals surface area (Å²) in [5.41, 5.74) is 0.421. The van der Waals surface area contributed by atoms with Crippen LogP contribution in [0.3, 0.4) is 0 Å². The molecule has 0 unspecified atom stereocenters. The molecule has 25 heavy (non-hydrogen) atoms. The van der Waals surface area contributed by atoms with Gasteiger partial charge in [0.1, 0.15) is 11.6 Å². The maximum atomic E-state index is 14.0. The molecule has 1 N–H and O–H groups in total. The molecule has 140 valence electrons. The monoisotopic (exact) mass is 394 g/mol. The van der Waals surface area contributed by atoms with Crippen molar-refractivity contribution in [1.82, 2.24) is 10.2 Å². The maximum absolute atomic E-state index is 14.0. The molecule has 1 amide bonds. The Morgan fingerprint density at radius 1 is 1.16 bits per heavy atom. The molecule has 9 heteroatoms. The van der Waals surface area contributed by atoms with Crippen molar-refractivity contribution in [1.29, 1.82) is 0 Å².